The van der Waals surface area contributed by atoms with Crippen LogP contribution in [0.1, 0.15) is 17.8 Å². The molecule has 0 N–H and O–H groups in total. The van der Waals surface area contributed by atoms with E-state index in [9.17, 15) is 2.74 Å². The van der Waals surface area contributed by atoms with Crippen LogP contribution in [-0.4, -0.2) is 0 Å². The van der Waals surface area contributed by atoms with E-state index in [1.165, 1.54) is 0 Å². The molecule has 10 aromatic rings. The Hall–Kier alpha value is -6.44. The lowest BCUT2D eigenvalue weighted by molar-refractivity contribution is 0.669. The van der Waals surface area contributed by atoms with Crippen LogP contribution in [-0.2, 0) is 0 Å². The lowest BCUT2D eigenvalue weighted by atomic mass is 9.86. The van der Waals surface area contributed by atoms with Gasteiger partial charge in [0.15, 0.2) is 0 Å². The molecule has 0 unspecified atom stereocenters. The van der Waals surface area contributed by atoms with Crippen molar-refractivity contribution in [1.29, 1.82) is 0 Å². The lowest BCUT2D eigenvalue weighted by Crippen LogP contribution is -1.90. The summed E-state index contributed by atoms with van der Waals surface area (Å²) in [5, 5.41) is 3.45. The molecule has 49 heavy (non-hydrogen) atoms. The van der Waals surface area contributed by atoms with Gasteiger partial charge in [-0.25, -0.2) is 0 Å². The molecule has 0 fully saturated rings. The highest BCUT2D eigenvalue weighted by atomic mass is 16.3. The van der Waals surface area contributed by atoms with Gasteiger partial charge in [-0.1, -0.05) is 157 Å². The lowest BCUT2D eigenvalue weighted by Gasteiger charge is -2.18. The van der Waals surface area contributed by atoms with Gasteiger partial charge in [-0.3, -0.25) is 0 Å². The third-order valence-electron chi connectivity index (χ3n) is 9.20. The number of hydrogen-bond donors (Lipinski definition) is 0. The van der Waals surface area contributed by atoms with E-state index in [-0.39, 0.29) is 32.7 Å². The molecule has 0 saturated heterocycles. The normalized spacial score (nSPS) is 15.4. The van der Waals surface area contributed by atoms with Crippen LogP contribution in [0.5, 0.6) is 0 Å². The maximum absolute atomic E-state index is 9.20. The Balaban J connectivity index is 1.19. The fourth-order valence-electron chi connectivity index (χ4n) is 6.97. The second-order valence-electron chi connectivity index (χ2n) is 11.9. The molecule has 0 bridgehead atoms. The van der Waals surface area contributed by atoms with E-state index in [4.69, 9.17) is 19.5 Å². The van der Waals surface area contributed by atoms with E-state index in [0.717, 1.165) is 49.4 Å². The molecular weight excluding hydrogens is 593 g/mol. The minimum absolute atomic E-state index is 0.0754. The second kappa shape index (κ2) is 11.1. The van der Waals surface area contributed by atoms with Gasteiger partial charge in [-0.2, -0.15) is 0 Å². The fourth-order valence-corrected chi connectivity index (χ4v) is 6.97. The van der Waals surface area contributed by atoms with Crippen LogP contribution in [0.3, 0.4) is 0 Å². The Morgan fingerprint density at radius 1 is 0.347 bits per heavy atom. The molecule has 0 saturated carbocycles. The van der Waals surface area contributed by atoms with Crippen LogP contribution < -0.4 is 0 Å². The summed E-state index contributed by atoms with van der Waals surface area (Å²) in [5.41, 5.74) is 4.83. The van der Waals surface area contributed by atoms with E-state index in [0.29, 0.717) is 11.1 Å². The number of fused-ring (bicyclic) bond motifs is 6. The van der Waals surface area contributed by atoms with Crippen molar-refractivity contribution in [3.63, 3.8) is 0 Å². The first kappa shape index (κ1) is 17.6. The van der Waals surface area contributed by atoms with Crippen molar-refractivity contribution in [2.45, 2.75) is 0 Å². The zero-order valence-corrected chi connectivity index (χ0v) is 25.7. The van der Waals surface area contributed by atoms with Crippen molar-refractivity contribution in [3.8, 4) is 44.5 Å². The summed E-state index contributed by atoms with van der Waals surface area (Å²) in [6.45, 7) is 0. The van der Waals surface area contributed by atoms with Crippen molar-refractivity contribution in [2.75, 3.05) is 0 Å². The van der Waals surface area contributed by atoms with Crippen LogP contribution in [0.4, 0.5) is 0 Å². The molecule has 0 radical (unpaired) electrons. The predicted octanol–water partition coefficient (Wildman–Crippen LogP) is 13.7. The maximum Gasteiger partial charge on any atom is 0.136 e. The van der Waals surface area contributed by atoms with E-state index in [1.54, 1.807) is 24.3 Å². The summed E-state index contributed by atoms with van der Waals surface area (Å²) in [7, 11) is 0. The van der Waals surface area contributed by atoms with E-state index >= 15 is 0 Å². The SMILES string of the molecule is [2H]c1c([2H])c([2H])c(-c2c3c([2H])c([2H])c([2H])c([2H])c3c(-c3ccc(-c4ccc5c(c4)oc4ccc(-c6cccc7ccccc67)cc45)cc3)c3c([2H])c([2H])c([2H])c([2H])c23)c([2H])c1[2H]. The van der Waals surface area contributed by atoms with Gasteiger partial charge in [-0.05, 0) is 101 Å². The first-order valence-corrected chi connectivity index (χ1v) is 15.8. The van der Waals surface area contributed by atoms with Gasteiger partial charge in [0.25, 0.3) is 0 Å². The van der Waals surface area contributed by atoms with Gasteiger partial charge in [-0.15, -0.1) is 0 Å². The van der Waals surface area contributed by atoms with Gasteiger partial charge in [0.1, 0.15) is 11.2 Å². The van der Waals surface area contributed by atoms with Gasteiger partial charge in [0.05, 0.1) is 17.8 Å². The molecule has 1 nitrogen and oxygen atoms in total. The van der Waals surface area contributed by atoms with Gasteiger partial charge in [0.2, 0.25) is 0 Å². The molecule has 9 aromatic carbocycles. The Morgan fingerprint density at radius 3 is 1.67 bits per heavy atom. The van der Waals surface area contributed by atoms with Crippen molar-refractivity contribution >= 4 is 54.3 Å². The fraction of sp³-hybridized carbons (Fsp3) is 0. The van der Waals surface area contributed by atoms with Crippen molar-refractivity contribution in [1.82, 2.24) is 0 Å². The van der Waals surface area contributed by atoms with Gasteiger partial charge >= 0.3 is 0 Å². The predicted molar refractivity (Wildman–Crippen MR) is 208 cm³/mol. The molecule has 0 spiro atoms. The molecule has 10 rings (SSSR count). The average molecular weight is 636 g/mol. The van der Waals surface area contributed by atoms with Crippen molar-refractivity contribution in [2.24, 2.45) is 0 Å². The highest BCUT2D eigenvalue weighted by Gasteiger charge is 2.17. The van der Waals surface area contributed by atoms with Gasteiger partial charge < -0.3 is 4.42 Å². The van der Waals surface area contributed by atoms with Crippen LogP contribution in [0.25, 0.3) is 98.8 Å². The topological polar surface area (TPSA) is 13.1 Å². The molecule has 0 aliphatic heterocycles. The summed E-state index contributed by atoms with van der Waals surface area (Å²) >= 11 is 0. The average Bonchev–Trinajstić information content (AvgIpc) is 3.66. The molecule has 0 aliphatic rings. The maximum atomic E-state index is 9.20. The number of hydrogen-bond acceptors (Lipinski definition) is 1. The quantitative estimate of drug-likeness (QED) is 0.175. The summed E-state index contributed by atoms with van der Waals surface area (Å²) in [4.78, 5) is 0. The van der Waals surface area contributed by atoms with Crippen molar-refractivity contribution < 1.29 is 22.2 Å². The molecule has 228 valence electrons. The van der Waals surface area contributed by atoms with E-state index in [1.807, 2.05) is 36.4 Å². The van der Waals surface area contributed by atoms with Crippen molar-refractivity contribution in [3.05, 3.63) is 182 Å². The highest BCUT2D eigenvalue weighted by molar-refractivity contribution is 6.21. The number of rotatable bonds is 4. The van der Waals surface area contributed by atoms with Crippen LogP contribution >= 0.6 is 0 Å². The third kappa shape index (κ3) is 4.47. The minimum atomic E-state index is -0.713. The molecule has 0 aliphatic carbocycles. The van der Waals surface area contributed by atoms with Gasteiger partial charge in [0, 0.05) is 10.8 Å². The van der Waals surface area contributed by atoms with Crippen LogP contribution in [0, 0.1) is 0 Å². The standard InChI is InChI=1S/C48H30O/c1-2-12-33(13-3-1)47-40-16-6-8-18-42(40)48(43-19-9-7-17-41(43)47)34-23-21-31(22-24-34)35-25-27-39-44-29-36(26-28-45(44)49-46(39)30-35)38-20-10-14-32-11-4-5-15-37(32)38/h1-30H/i1D,2D,3D,6D,7D,8D,9D,12D,13D,16D,17D,18D,19D. The smallest absolute Gasteiger partial charge is 0.136 e. The Kier molecular flexibility index (Phi) is 3.99. The highest BCUT2D eigenvalue weighted by Crippen LogP contribution is 2.44. The molecule has 1 heteroatoms. The largest absolute Gasteiger partial charge is 0.456 e. The number of furan rings is 1. The molecular formula is C48H30O. The summed E-state index contributed by atoms with van der Waals surface area (Å²) in [5.74, 6) is 0. The monoisotopic (exact) mass is 635 g/mol. The second-order valence-corrected chi connectivity index (χ2v) is 11.9. The molecule has 1 heterocycles. The summed E-state index contributed by atoms with van der Waals surface area (Å²) < 4.78 is 121. The van der Waals surface area contributed by atoms with Crippen LogP contribution in [0.15, 0.2) is 186 Å². The number of benzene rings is 9. The van der Waals surface area contributed by atoms with Crippen LogP contribution in [0.2, 0.25) is 0 Å². The van der Waals surface area contributed by atoms with E-state index < -0.39 is 84.1 Å². The molecule has 1 aromatic heterocycles. The minimum Gasteiger partial charge on any atom is -0.456 e. The Bertz CT molecular complexity index is 3500. The summed E-state index contributed by atoms with van der Waals surface area (Å²) in [6.07, 6.45) is 0. The molecule has 0 amide bonds. The first-order valence-electron chi connectivity index (χ1n) is 22.3. The molecule has 0 atom stereocenters. The zero-order valence-electron chi connectivity index (χ0n) is 38.7. The Morgan fingerprint density at radius 2 is 0.939 bits per heavy atom. The first-order chi connectivity index (χ1) is 29.7. The van der Waals surface area contributed by atoms with E-state index in [2.05, 4.69) is 42.5 Å². The summed E-state index contributed by atoms with van der Waals surface area (Å²) in [6, 6.07) is 25.3. The zero-order chi connectivity index (χ0) is 43.6. The Labute approximate surface area is 302 Å². The third-order valence-corrected chi connectivity index (χ3v) is 9.20.